The van der Waals surface area contributed by atoms with Crippen LogP contribution in [0.15, 0.2) is 29.4 Å². The topological polar surface area (TPSA) is 35.9 Å². The number of nitrogens with zero attached hydrogens (tertiary/aromatic N) is 3. The number of benzene rings is 1. The molecule has 0 atom stereocenters. The molecule has 1 aromatic carbocycles. The molecule has 0 spiro atoms. The van der Waals surface area contributed by atoms with E-state index in [4.69, 9.17) is 0 Å². The summed E-state index contributed by atoms with van der Waals surface area (Å²) >= 11 is 0. The smallest absolute Gasteiger partial charge is 0.248 e. The van der Waals surface area contributed by atoms with Crippen LogP contribution in [0.25, 0.3) is 0 Å². The zero-order chi connectivity index (χ0) is 11.5. The van der Waals surface area contributed by atoms with Crippen LogP contribution in [0.4, 0.5) is 5.69 Å². The molecule has 1 heterocycles. The summed E-state index contributed by atoms with van der Waals surface area (Å²) in [7, 11) is 4.01. The lowest BCUT2D eigenvalue weighted by Crippen LogP contribution is -2.20. The highest BCUT2D eigenvalue weighted by molar-refractivity contribution is 5.93. The largest absolute Gasteiger partial charge is 0.378 e. The molecule has 4 nitrogen and oxygen atoms in total. The first-order valence-corrected chi connectivity index (χ1v) is 5.26. The predicted molar refractivity (Wildman–Crippen MR) is 64.4 cm³/mol. The highest BCUT2D eigenvalue weighted by Gasteiger charge is 2.16. The third-order valence-corrected chi connectivity index (χ3v) is 2.56. The van der Waals surface area contributed by atoms with Crippen LogP contribution in [-0.2, 0) is 11.3 Å². The third-order valence-electron chi connectivity index (χ3n) is 2.56. The monoisotopic (exact) mass is 217 g/mol. The first-order valence-electron chi connectivity index (χ1n) is 5.26. The van der Waals surface area contributed by atoms with E-state index in [0.29, 0.717) is 13.0 Å². The molecule has 0 bridgehead atoms. The molecule has 1 aliphatic rings. The molecule has 0 fully saturated rings. The summed E-state index contributed by atoms with van der Waals surface area (Å²) in [5.41, 5.74) is 2.25. The van der Waals surface area contributed by atoms with E-state index in [9.17, 15) is 4.79 Å². The Bertz CT molecular complexity index is 409. The molecular weight excluding hydrogens is 202 g/mol. The number of carbonyl (C=O) groups excluding carboxylic acids is 1. The molecule has 0 unspecified atom stereocenters. The molecule has 0 saturated carbocycles. The molecule has 2 rings (SSSR count). The van der Waals surface area contributed by atoms with Gasteiger partial charge in [-0.05, 0) is 17.7 Å². The molecule has 1 aliphatic heterocycles. The Balaban J connectivity index is 2.05. The first-order chi connectivity index (χ1) is 7.66. The van der Waals surface area contributed by atoms with Crippen molar-refractivity contribution in [2.75, 3.05) is 19.0 Å². The molecule has 0 radical (unpaired) electrons. The first kappa shape index (κ1) is 10.7. The lowest BCUT2D eigenvalue weighted by molar-refractivity contribution is -0.129. The van der Waals surface area contributed by atoms with E-state index in [1.54, 1.807) is 6.21 Å². The average Bonchev–Trinajstić information content (AvgIpc) is 2.65. The lowest BCUT2D eigenvalue weighted by atomic mass is 10.2. The molecule has 0 saturated heterocycles. The van der Waals surface area contributed by atoms with Gasteiger partial charge in [0.2, 0.25) is 5.91 Å². The van der Waals surface area contributed by atoms with Crippen molar-refractivity contribution in [2.24, 2.45) is 5.10 Å². The number of hydrazone groups is 1. The SMILES string of the molecule is CN(C)c1ccc(CN2N=CCC2=O)cc1. The van der Waals surface area contributed by atoms with E-state index in [2.05, 4.69) is 5.10 Å². The number of rotatable bonds is 3. The number of amides is 1. The molecule has 1 amide bonds. The third kappa shape index (κ3) is 2.21. The van der Waals surface area contributed by atoms with Gasteiger partial charge in [-0.2, -0.15) is 5.10 Å². The predicted octanol–water partition coefficient (Wildman–Crippen LogP) is 1.47. The van der Waals surface area contributed by atoms with Gasteiger partial charge in [-0.15, -0.1) is 0 Å². The number of carbonyl (C=O) groups is 1. The molecule has 1 aromatic rings. The van der Waals surface area contributed by atoms with Gasteiger partial charge in [-0.1, -0.05) is 12.1 Å². The molecule has 16 heavy (non-hydrogen) atoms. The Kier molecular flexibility index (Phi) is 2.90. The maximum atomic E-state index is 11.3. The average molecular weight is 217 g/mol. The lowest BCUT2D eigenvalue weighted by Gasteiger charge is -2.15. The van der Waals surface area contributed by atoms with E-state index >= 15 is 0 Å². The molecule has 4 heteroatoms. The summed E-state index contributed by atoms with van der Waals surface area (Å²) in [4.78, 5) is 13.4. The van der Waals surface area contributed by atoms with Crippen molar-refractivity contribution in [3.63, 3.8) is 0 Å². The Hall–Kier alpha value is -1.84. The van der Waals surface area contributed by atoms with Crippen LogP contribution >= 0.6 is 0 Å². The second kappa shape index (κ2) is 4.35. The maximum Gasteiger partial charge on any atom is 0.248 e. The second-order valence-electron chi connectivity index (χ2n) is 4.01. The van der Waals surface area contributed by atoms with Gasteiger partial charge in [0.15, 0.2) is 0 Å². The zero-order valence-corrected chi connectivity index (χ0v) is 9.55. The summed E-state index contributed by atoms with van der Waals surface area (Å²) in [5.74, 6) is 0.0664. The maximum absolute atomic E-state index is 11.3. The minimum Gasteiger partial charge on any atom is -0.378 e. The summed E-state index contributed by atoms with van der Waals surface area (Å²) in [6, 6.07) is 8.13. The summed E-state index contributed by atoms with van der Waals surface area (Å²) in [6.07, 6.45) is 2.08. The van der Waals surface area contributed by atoms with Crippen molar-refractivity contribution in [3.05, 3.63) is 29.8 Å². The van der Waals surface area contributed by atoms with Crippen molar-refractivity contribution in [1.29, 1.82) is 0 Å². The van der Waals surface area contributed by atoms with E-state index in [1.807, 2.05) is 43.3 Å². The van der Waals surface area contributed by atoms with Gasteiger partial charge in [0.1, 0.15) is 0 Å². The van der Waals surface area contributed by atoms with E-state index < -0.39 is 0 Å². The highest BCUT2D eigenvalue weighted by atomic mass is 16.2. The van der Waals surface area contributed by atoms with Crippen LogP contribution in [0.3, 0.4) is 0 Å². The van der Waals surface area contributed by atoms with E-state index in [1.165, 1.54) is 5.01 Å². The fourth-order valence-electron chi connectivity index (χ4n) is 1.59. The summed E-state index contributed by atoms with van der Waals surface area (Å²) < 4.78 is 0. The summed E-state index contributed by atoms with van der Waals surface area (Å²) in [6.45, 7) is 0.559. The van der Waals surface area contributed by atoms with Gasteiger partial charge >= 0.3 is 0 Å². The quantitative estimate of drug-likeness (QED) is 0.768. The van der Waals surface area contributed by atoms with Crippen LogP contribution in [0, 0.1) is 0 Å². The van der Waals surface area contributed by atoms with Crippen LogP contribution in [0.2, 0.25) is 0 Å². The standard InChI is InChI=1S/C12H15N3O/c1-14(2)11-5-3-10(4-6-11)9-15-12(16)7-8-13-15/h3-6,8H,7,9H2,1-2H3. The number of hydrogen-bond acceptors (Lipinski definition) is 3. The fourth-order valence-corrected chi connectivity index (χ4v) is 1.59. The zero-order valence-electron chi connectivity index (χ0n) is 9.55. The molecule has 0 aromatic heterocycles. The van der Waals surface area contributed by atoms with Crippen molar-refractivity contribution >= 4 is 17.8 Å². The fraction of sp³-hybridized carbons (Fsp3) is 0.333. The van der Waals surface area contributed by atoms with Crippen LogP contribution in [0.1, 0.15) is 12.0 Å². The number of anilines is 1. The van der Waals surface area contributed by atoms with Crippen LogP contribution in [-0.4, -0.2) is 31.2 Å². The number of hydrogen-bond donors (Lipinski definition) is 0. The molecule has 84 valence electrons. The molecule has 0 aliphatic carbocycles. The minimum atomic E-state index is 0.0664. The summed E-state index contributed by atoms with van der Waals surface area (Å²) in [5, 5.41) is 5.52. The van der Waals surface area contributed by atoms with E-state index in [-0.39, 0.29) is 5.91 Å². The molecular formula is C12H15N3O. The van der Waals surface area contributed by atoms with E-state index in [0.717, 1.165) is 11.3 Å². The van der Waals surface area contributed by atoms with Crippen LogP contribution in [0.5, 0.6) is 0 Å². The highest BCUT2D eigenvalue weighted by Crippen LogP contribution is 2.15. The Morgan fingerprint density at radius 1 is 1.31 bits per heavy atom. The van der Waals surface area contributed by atoms with Crippen molar-refractivity contribution in [1.82, 2.24) is 5.01 Å². The van der Waals surface area contributed by atoms with Crippen molar-refractivity contribution < 1.29 is 4.79 Å². The van der Waals surface area contributed by atoms with Gasteiger partial charge in [0.05, 0.1) is 13.0 Å². The normalized spacial score (nSPS) is 14.6. The van der Waals surface area contributed by atoms with Gasteiger partial charge in [-0.25, -0.2) is 5.01 Å². The van der Waals surface area contributed by atoms with Gasteiger partial charge in [0, 0.05) is 26.0 Å². The van der Waals surface area contributed by atoms with Gasteiger partial charge in [-0.3, -0.25) is 4.79 Å². The Morgan fingerprint density at radius 3 is 2.50 bits per heavy atom. The van der Waals surface area contributed by atoms with Gasteiger partial charge in [0.25, 0.3) is 0 Å². The molecule has 0 N–H and O–H groups in total. The minimum absolute atomic E-state index is 0.0664. The van der Waals surface area contributed by atoms with Gasteiger partial charge < -0.3 is 4.90 Å². The van der Waals surface area contributed by atoms with Crippen molar-refractivity contribution in [2.45, 2.75) is 13.0 Å². The van der Waals surface area contributed by atoms with Crippen molar-refractivity contribution in [3.8, 4) is 0 Å². The Labute approximate surface area is 95.2 Å². The van der Waals surface area contributed by atoms with Crippen LogP contribution < -0.4 is 4.90 Å². The Morgan fingerprint density at radius 2 is 2.00 bits per heavy atom. The second-order valence-corrected chi connectivity index (χ2v) is 4.01.